The molecule has 1 unspecified atom stereocenters. The van der Waals surface area contributed by atoms with Gasteiger partial charge in [-0.2, -0.15) is 0 Å². The van der Waals surface area contributed by atoms with Gasteiger partial charge in [-0.3, -0.25) is 10.1 Å². The molecule has 0 aromatic heterocycles. The number of nitro benzene ring substituents is 1. The van der Waals surface area contributed by atoms with E-state index in [1.54, 1.807) is 4.90 Å². The highest BCUT2D eigenvalue weighted by atomic mass is 35.5. The second-order valence-electron chi connectivity index (χ2n) is 5.85. The number of hydrogen-bond acceptors (Lipinski definition) is 5. The van der Waals surface area contributed by atoms with Crippen LogP contribution in [0.2, 0.25) is 5.02 Å². The van der Waals surface area contributed by atoms with Gasteiger partial charge >= 0.3 is 6.09 Å². The van der Waals surface area contributed by atoms with E-state index in [9.17, 15) is 14.9 Å². The Morgan fingerprint density at radius 3 is 2.87 bits per heavy atom. The van der Waals surface area contributed by atoms with Crippen molar-refractivity contribution >= 4 is 23.4 Å². The Morgan fingerprint density at radius 2 is 2.22 bits per heavy atom. The van der Waals surface area contributed by atoms with Gasteiger partial charge in [0.1, 0.15) is 11.9 Å². The summed E-state index contributed by atoms with van der Waals surface area (Å²) >= 11 is 5.86. The Hall–Kier alpha value is -2.02. The standard InChI is InChI=1S/C15H19ClN2O5/c1-10(2)9-22-15(19)17-4-3-13(8-17)23-14-6-11(16)5-12(7-14)18(20)21/h5-7,10,13H,3-4,8-9H2,1-2H3. The van der Waals surface area contributed by atoms with E-state index in [0.717, 1.165) is 0 Å². The highest BCUT2D eigenvalue weighted by molar-refractivity contribution is 6.30. The lowest BCUT2D eigenvalue weighted by Gasteiger charge is -2.18. The molecule has 126 valence electrons. The number of carbonyl (C=O) groups excluding carboxylic acids is 1. The van der Waals surface area contributed by atoms with Crippen molar-refractivity contribution in [1.29, 1.82) is 0 Å². The van der Waals surface area contributed by atoms with E-state index in [0.29, 0.717) is 31.9 Å². The number of likely N-dealkylation sites (tertiary alicyclic amines) is 1. The number of non-ortho nitro benzene ring substituents is 1. The zero-order valence-corrected chi connectivity index (χ0v) is 13.8. The van der Waals surface area contributed by atoms with Gasteiger partial charge in [0.2, 0.25) is 0 Å². The minimum Gasteiger partial charge on any atom is -0.488 e. The predicted octanol–water partition coefficient (Wildman–Crippen LogP) is 3.49. The minimum atomic E-state index is -0.525. The van der Waals surface area contributed by atoms with Gasteiger partial charge in [-0.1, -0.05) is 25.4 Å². The monoisotopic (exact) mass is 342 g/mol. The van der Waals surface area contributed by atoms with Crippen molar-refractivity contribution in [2.75, 3.05) is 19.7 Å². The van der Waals surface area contributed by atoms with Crippen LogP contribution in [0, 0.1) is 16.0 Å². The van der Waals surface area contributed by atoms with E-state index in [4.69, 9.17) is 21.1 Å². The average Bonchev–Trinajstić information content (AvgIpc) is 2.92. The zero-order chi connectivity index (χ0) is 17.0. The number of halogens is 1. The Kier molecular flexibility index (Phi) is 5.65. The molecular formula is C15H19ClN2O5. The molecule has 0 radical (unpaired) electrons. The first-order valence-corrected chi connectivity index (χ1v) is 7.76. The van der Waals surface area contributed by atoms with Crippen LogP contribution in [0.5, 0.6) is 5.75 Å². The summed E-state index contributed by atoms with van der Waals surface area (Å²) < 4.78 is 10.9. The van der Waals surface area contributed by atoms with E-state index in [-0.39, 0.29) is 28.8 Å². The molecular weight excluding hydrogens is 324 g/mol. The molecule has 7 nitrogen and oxygen atoms in total. The molecule has 0 bridgehead atoms. The Balaban J connectivity index is 1.93. The topological polar surface area (TPSA) is 81.9 Å². The van der Waals surface area contributed by atoms with Gasteiger partial charge in [0.25, 0.3) is 5.69 Å². The number of rotatable bonds is 5. The summed E-state index contributed by atoms with van der Waals surface area (Å²) in [6, 6.07) is 4.11. The molecule has 2 rings (SSSR count). The molecule has 1 heterocycles. The molecule has 1 aliphatic heterocycles. The van der Waals surface area contributed by atoms with Gasteiger partial charge in [0, 0.05) is 19.0 Å². The van der Waals surface area contributed by atoms with E-state index in [1.165, 1.54) is 18.2 Å². The average molecular weight is 343 g/mol. The maximum absolute atomic E-state index is 11.9. The quantitative estimate of drug-likeness (QED) is 0.604. The van der Waals surface area contributed by atoms with Crippen molar-refractivity contribution in [2.24, 2.45) is 5.92 Å². The van der Waals surface area contributed by atoms with Gasteiger partial charge in [-0.05, 0) is 12.0 Å². The van der Waals surface area contributed by atoms with Gasteiger partial charge in [0.15, 0.2) is 0 Å². The summed E-state index contributed by atoms with van der Waals surface area (Å²) in [6.45, 7) is 5.23. The highest BCUT2D eigenvalue weighted by Crippen LogP contribution is 2.28. The van der Waals surface area contributed by atoms with Crippen molar-refractivity contribution in [1.82, 2.24) is 4.90 Å². The van der Waals surface area contributed by atoms with Gasteiger partial charge in [0.05, 0.1) is 29.2 Å². The first kappa shape index (κ1) is 17.3. The Morgan fingerprint density at radius 1 is 1.48 bits per heavy atom. The van der Waals surface area contributed by atoms with Crippen LogP contribution in [-0.2, 0) is 4.74 Å². The summed E-state index contributed by atoms with van der Waals surface area (Å²) in [4.78, 5) is 23.8. The van der Waals surface area contributed by atoms with E-state index >= 15 is 0 Å². The zero-order valence-electron chi connectivity index (χ0n) is 13.0. The van der Waals surface area contributed by atoms with Crippen LogP contribution in [0.3, 0.4) is 0 Å². The SMILES string of the molecule is CC(C)COC(=O)N1CCC(Oc2cc(Cl)cc([N+](=O)[O-])c2)C1. The second kappa shape index (κ2) is 7.50. The number of hydrogen-bond donors (Lipinski definition) is 0. The van der Waals surface area contributed by atoms with Crippen LogP contribution in [0.1, 0.15) is 20.3 Å². The van der Waals surface area contributed by atoms with Gasteiger partial charge in [-0.25, -0.2) is 4.79 Å². The molecule has 1 aromatic carbocycles. The first-order chi connectivity index (χ1) is 10.8. The van der Waals surface area contributed by atoms with Crippen molar-refractivity contribution in [3.05, 3.63) is 33.3 Å². The molecule has 1 amide bonds. The van der Waals surface area contributed by atoms with Crippen LogP contribution in [0.15, 0.2) is 18.2 Å². The Bertz CT molecular complexity index is 593. The molecule has 0 aliphatic carbocycles. The van der Waals surface area contributed by atoms with E-state index < -0.39 is 4.92 Å². The normalized spacial score (nSPS) is 17.4. The summed E-state index contributed by atoms with van der Waals surface area (Å²) in [5, 5.41) is 11.1. The molecule has 0 saturated carbocycles. The number of nitrogens with zero attached hydrogens (tertiary/aromatic N) is 2. The largest absolute Gasteiger partial charge is 0.488 e. The lowest BCUT2D eigenvalue weighted by Crippen LogP contribution is -2.32. The highest BCUT2D eigenvalue weighted by Gasteiger charge is 2.29. The molecule has 0 spiro atoms. The van der Waals surface area contributed by atoms with Crippen LogP contribution >= 0.6 is 11.6 Å². The third-order valence-electron chi connectivity index (χ3n) is 3.31. The van der Waals surface area contributed by atoms with Crippen LogP contribution in [0.25, 0.3) is 0 Å². The van der Waals surface area contributed by atoms with Crippen molar-refractivity contribution in [3.63, 3.8) is 0 Å². The van der Waals surface area contributed by atoms with Gasteiger partial charge in [-0.15, -0.1) is 0 Å². The second-order valence-corrected chi connectivity index (χ2v) is 6.28. The summed E-state index contributed by atoms with van der Waals surface area (Å²) in [5.74, 6) is 0.604. The predicted molar refractivity (Wildman–Crippen MR) is 84.9 cm³/mol. The molecule has 1 saturated heterocycles. The van der Waals surface area contributed by atoms with E-state index in [1.807, 2.05) is 13.8 Å². The number of benzene rings is 1. The fraction of sp³-hybridized carbons (Fsp3) is 0.533. The van der Waals surface area contributed by atoms with Gasteiger partial charge < -0.3 is 14.4 Å². The number of carbonyl (C=O) groups is 1. The fourth-order valence-electron chi connectivity index (χ4n) is 2.23. The lowest BCUT2D eigenvalue weighted by atomic mass is 10.2. The van der Waals surface area contributed by atoms with Crippen LogP contribution < -0.4 is 4.74 Å². The molecule has 0 N–H and O–H groups in total. The maximum atomic E-state index is 11.9. The third-order valence-corrected chi connectivity index (χ3v) is 3.53. The molecule has 1 atom stereocenters. The molecule has 23 heavy (non-hydrogen) atoms. The maximum Gasteiger partial charge on any atom is 0.409 e. The molecule has 1 aromatic rings. The fourth-order valence-corrected chi connectivity index (χ4v) is 2.45. The number of amides is 1. The first-order valence-electron chi connectivity index (χ1n) is 7.38. The van der Waals surface area contributed by atoms with Crippen molar-refractivity contribution in [2.45, 2.75) is 26.4 Å². The third kappa shape index (κ3) is 4.99. The smallest absolute Gasteiger partial charge is 0.409 e. The summed E-state index contributed by atoms with van der Waals surface area (Å²) in [5.41, 5.74) is -0.126. The van der Waals surface area contributed by atoms with Crippen LogP contribution in [0.4, 0.5) is 10.5 Å². The molecule has 1 aliphatic rings. The van der Waals surface area contributed by atoms with E-state index in [2.05, 4.69) is 0 Å². The molecule has 8 heteroatoms. The summed E-state index contributed by atoms with van der Waals surface area (Å²) in [6.07, 6.45) is 0.0402. The number of ether oxygens (including phenoxy) is 2. The van der Waals surface area contributed by atoms with Crippen molar-refractivity contribution in [3.8, 4) is 5.75 Å². The molecule has 1 fully saturated rings. The van der Waals surface area contributed by atoms with Crippen molar-refractivity contribution < 1.29 is 19.2 Å². The summed E-state index contributed by atoms with van der Waals surface area (Å²) in [7, 11) is 0. The minimum absolute atomic E-state index is 0.126. The Labute approximate surface area is 139 Å². The lowest BCUT2D eigenvalue weighted by molar-refractivity contribution is -0.384. The van der Waals surface area contributed by atoms with Crippen LogP contribution in [-0.4, -0.2) is 41.7 Å². The number of nitro groups is 1.